The summed E-state index contributed by atoms with van der Waals surface area (Å²) in [5.74, 6) is -71.8. The van der Waals surface area contributed by atoms with E-state index in [1.807, 2.05) is 0 Å². The van der Waals surface area contributed by atoms with Gasteiger partial charge in [-0.2, -0.15) is 0 Å². The second-order valence-electron chi connectivity index (χ2n) is 8.53. The predicted molar refractivity (Wildman–Crippen MR) is 104 cm³/mol. The molecule has 4 aromatic carbocycles. The van der Waals surface area contributed by atoms with E-state index in [9.17, 15) is 52.7 Å². The van der Waals surface area contributed by atoms with Crippen LogP contribution in [0.3, 0.4) is 0 Å². The van der Waals surface area contributed by atoms with Gasteiger partial charge in [-0.25, -0.2) is 87.8 Å². The second-order valence-corrected chi connectivity index (χ2v) is 8.53. The zero-order valence-corrected chi connectivity index (χ0v) is 20.1. The van der Waals surface area contributed by atoms with Crippen LogP contribution in [0.2, 0.25) is 0 Å². The summed E-state index contributed by atoms with van der Waals surface area (Å²) < 4.78 is 294. The lowest BCUT2D eigenvalue weighted by Gasteiger charge is -2.38. The molecule has 0 amide bonds. The molecule has 0 atom stereocenters. The number of rotatable bonds is 4. The molecular formula is C25F20. The topological polar surface area (TPSA) is 0 Å². The number of halogens is 20. The zero-order valence-electron chi connectivity index (χ0n) is 20.1. The molecule has 0 aliphatic carbocycles. The summed E-state index contributed by atoms with van der Waals surface area (Å²) in [4.78, 5) is 0. The Morgan fingerprint density at radius 2 is 0.244 bits per heavy atom. The highest BCUT2D eigenvalue weighted by Crippen LogP contribution is 2.54. The van der Waals surface area contributed by atoms with Gasteiger partial charge in [0.05, 0.1) is 5.41 Å². The molecule has 0 radical (unpaired) electrons. The molecule has 4 aromatic rings. The molecule has 0 heterocycles. The summed E-state index contributed by atoms with van der Waals surface area (Å²) in [6.45, 7) is 0. The average molecular weight is 680 g/mol. The fourth-order valence-corrected chi connectivity index (χ4v) is 4.49. The summed E-state index contributed by atoms with van der Waals surface area (Å²) >= 11 is 0. The molecule has 0 unspecified atom stereocenters. The van der Waals surface area contributed by atoms with Crippen molar-refractivity contribution in [1.82, 2.24) is 0 Å². The van der Waals surface area contributed by atoms with Gasteiger partial charge in [-0.05, 0) is 0 Å². The Morgan fingerprint density at radius 1 is 0.156 bits per heavy atom. The fourth-order valence-electron chi connectivity index (χ4n) is 4.49. The zero-order chi connectivity index (χ0) is 34.4. The molecule has 20 heteroatoms. The molecule has 0 aromatic heterocycles. The van der Waals surface area contributed by atoms with Crippen molar-refractivity contribution in [2.75, 3.05) is 0 Å². The lowest BCUT2D eigenvalue weighted by atomic mass is 9.63. The van der Waals surface area contributed by atoms with Crippen molar-refractivity contribution < 1.29 is 87.8 Å². The van der Waals surface area contributed by atoms with E-state index in [2.05, 4.69) is 0 Å². The van der Waals surface area contributed by atoms with E-state index < -0.39 is 144 Å². The van der Waals surface area contributed by atoms with Crippen molar-refractivity contribution >= 4 is 0 Å². The average Bonchev–Trinajstić information content (AvgIpc) is 3.00. The van der Waals surface area contributed by atoms with Gasteiger partial charge in [0.2, 0.25) is 23.3 Å². The summed E-state index contributed by atoms with van der Waals surface area (Å²) in [6, 6.07) is 0. The second kappa shape index (κ2) is 10.8. The highest BCUT2D eigenvalue weighted by atomic mass is 19.2. The number of benzene rings is 4. The lowest BCUT2D eigenvalue weighted by Crippen LogP contribution is -2.42. The lowest BCUT2D eigenvalue weighted by molar-refractivity contribution is 0.315. The van der Waals surface area contributed by atoms with Gasteiger partial charge in [0.15, 0.2) is 93.1 Å². The maximum atomic E-state index is 15.3. The van der Waals surface area contributed by atoms with Crippen LogP contribution in [0.5, 0.6) is 0 Å². The Bertz CT molecular complexity index is 1560. The summed E-state index contributed by atoms with van der Waals surface area (Å²) in [5, 5.41) is 0. The molecule has 0 saturated heterocycles. The molecule has 4 rings (SSSR count). The molecule has 0 aliphatic heterocycles. The smallest absolute Gasteiger partial charge is 0.200 e. The van der Waals surface area contributed by atoms with E-state index in [-0.39, 0.29) is 0 Å². The first-order chi connectivity index (χ1) is 20.7. The van der Waals surface area contributed by atoms with E-state index in [0.29, 0.717) is 0 Å². The molecule has 0 aliphatic rings. The third-order valence-electron chi connectivity index (χ3n) is 6.34. The largest absolute Gasteiger partial charge is 0.203 e. The molecule has 0 bridgehead atoms. The van der Waals surface area contributed by atoms with Crippen LogP contribution in [0.1, 0.15) is 22.3 Å². The van der Waals surface area contributed by atoms with Gasteiger partial charge < -0.3 is 0 Å². The summed E-state index contributed by atoms with van der Waals surface area (Å²) in [5.41, 5.74) is -20.7. The molecular weight excluding hydrogens is 680 g/mol. The Balaban J connectivity index is 2.69. The van der Waals surface area contributed by atoms with Crippen LogP contribution in [0.25, 0.3) is 0 Å². The van der Waals surface area contributed by atoms with Crippen molar-refractivity contribution in [3.63, 3.8) is 0 Å². The van der Waals surface area contributed by atoms with Gasteiger partial charge in [0.1, 0.15) is 0 Å². The number of hydrogen-bond donors (Lipinski definition) is 0. The first-order valence-electron chi connectivity index (χ1n) is 10.8. The van der Waals surface area contributed by atoms with Crippen molar-refractivity contribution in [3.8, 4) is 0 Å². The van der Waals surface area contributed by atoms with Crippen molar-refractivity contribution in [2.45, 2.75) is 5.41 Å². The van der Waals surface area contributed by atoms with Gasteiger partial charge >= 0.3 is 0 Å². The van der Waals surface area contributed by atoms with E-state index in [1.165, 1.54) is 0 Å². The standard InChI is InChI=1S/C25F20/c26-5-1(6(27)14(35)21(42)13(5)34)25(2-7(28)15(36)22(43)16(37)8(2)29,3-9(30)17(38)23(44)18(39)10(3)31)4-11(32)19(40)24(45)20(41)12(4)33. The van der Waals surface area contributed by atoms with E-state index in [4.69, 9.17) is 0 Å². The molecule has 0 saturated carbocycles. The maximum absolute atomic E-state index is 15.3. The van der Waals surface area contributed by atoms with E-state index in [0.717, 1.165) is 0 Å². The van der Waals surface area contributed by atoms with E-state index >= 15 is 35.1 Å². The first kappa shape index (κ1) is 33.4. The number of hydrogen-bond acceptors (Lipinski definition) is 0. The molecule has 0 fully saturated rings. The van der Waals surface area contributed by atoms with Gasteiger partial charge in [0.25, 0.3) is 0 Å². The van der Waals surface area contributed by atoms with Gasteiger partial charge in [-0.15, -0.1) is 0 Å². The van der Waals surface area contributed by atoms with Crippen molar-refractivity contribution in [3.05, 3.63) is 139 Å². The molecule has 0 spiro atoms. The third-order valence-corrected chi connectivity index (χ3v) is 6.34. The minimum Gasteiger partial charge on any atom is -0.203 e. The van der Waals surface area contributed by atoms with Crippen LogP contribution >= 0.6 is 0 Å². The Kier molecular flexibility index (Phi) is 8.03. The fraction of sp³-hybridized carbons (Fsp3) is 0.0400. The van der Waals surface area contributed by atoms with Gasteiger partial charge in [-0.3, -0.25) is 0 Å². The summed E-state index contributed by atoms with van der Waals surface area (Å²) in [7, 11) is 0. The van der Waals surface area contributed by atoms with Crippen LogP contribution in [0.15, 0.2) is 0 Å². The van der Waals surface area contributed by atoms with E-state index in [1.54, 1.807) is 0 Å². The van der Waals surface area contributed by atoms with Gasteiger partial charge in [-0.1, -0.05) is 0 Å². The highest BCUT2D eigenvalue weighted by molar-refractivity contribution is 5.63. The van der Waals surface area contributed by atoms with Crippen LogP contribution < -0.4 is 0 Å². The third kappa shape index (κ3) is 4.16. The highest BCUT2D eigenvalue weighted by Gasteiger charge is 2.58. The van der Waals surface area contributed by atoms with Crippen LogP contribution in [0, 0.1) is 116 Å². The van der Waals surface area contributed by atoms with Crippen LogP contribution in [-0.2, 0) is 5.41 Å². The Hall–Kier alpha value is -4.52. The van der Waals surface area contributed by atoms with Crippen LogP contribution in [0.4, 0.5) is 87.8 Å². The normalized spacial score (nSPS) is 12.0. The molecule has 45 heavy (non-hydrogen) atoms. The molecule has 240 valence electrons. The van der Waals surface area contributed by atoms with Crippen molar-refractivity contribution in [1.29, 1.82) is 0 Å². The van der Waals surface area contributed by atoms with Crippen molar-refractivity contribution in [2.24, 2.45) is 0 Å². The minimum absolute atomic E-state index is 3.35. The Morgan fingerprint density at radius 3 is 0.356 bits per heavy atom. The molecule has 0 nitrogen and oxygen atoms in total. The van der Waals surface area contributed by atoms with Gasteiger partial charge in [0, 0.05) is 22.3 Å². The molecule has 0 N–H and O–H groups in total. The van der Waals surface area contributed by atoms with Crippen LogP contribution in [-0.4, -0.2) is 0 Å². The minimum atomic E-state index is -6.10. The summed E-state index contributed by atoms with van der Waals surface area (Å²) in [6.07, 6.45) is 0. The first-order valence-corrected chi connectivity index (χ1v) is 10.8. The predicted octanol–water partition coefficient (Wildman–Crippen LogP) is 8.85. The monoisotopic (exact) mass is 680 g/mol. The quantitative estimate of drug-likeness (QED) is 0.0875. The SMILES string of the molecule is Fc1c(F)c(F)c(C(c2c(F)c(F)c(F)c(F)c2F)(c2c(F)c(F)c(F)c(F)c2F)c2c(F)c(F)c(F)c(F)c2F)c(F)c1F. The maximum Gasteiger partial charge on any atom is 0.200 e. The Labute approximate surface area is 232 Å².